The van der Waals surface area contributed by atoms with Crippen LogP contribution in [0.5, 0.6) is 11.5 Å². The van der Waals surface area contributed by atoms with E-state index in [9.17, 15) is 14.6 Å². The first kappa shape index (κ1) is 17.7. The lowest BCUT2D eigenvalue weighted by atomic mass is 9.89. The number of aromatic hydroxyl groups is 2. The van der Waals surface area contributed by atoms with Crippen LogP contribution in [0.4, 0.5) is 4.39 Å². The number of pyridine rings is 1. The van der Waals surface area contributed by atoms with Crippen LogP contribution in [-0.4, -0.2) is 15.2 Å². The van der Waals surface area contributed by atoms with Crippen LogP contribution < -0.4 is 0 Å². The quantitative estimate of drug-likeness (QED) is 0.675. The van der Waals surface area contributed by atoms with Crippen molar-refractivity contribution in [3.8, 4) is 11.5 Å². The number of rotatable bonds is 5. The molecule has 4 heteroatoms. The van der Waals surface area contributed by atoms with Gasteiger partial charge in [0.25, 0.3) is 0 Å². The van der Waals surface area contributed by atoms with Crippen molar-refractivity contribution >= 4 is 5.57 Å². The minimum atomic E-state index is -0.276. The zero-order valence-electron chi connectivity index (χ0n) is 14.5. The highest BCUT2D eigenvalue weighted by atomic mass is 19.1. The van der Waals surface area contributed by atoms with Crippen molar-refractivity contribution in [2.24, 2.45) is 0 Å². The van der Waals surface area contributed by atoms with Crippen molar-refractivity contribution in [3.63, 3.8) is 0 Å². The van der Waals surface area contributed by atoms with Gasteiger partial charge in [-0.2, -0.15) is 0 Å². The largest absolute Gasteiger partial charge is 0.508 e. The van der Waals surface area contributed by atoms with Crippen LogP contribution in [0.25, 0.3) is 5.57 Å². The lowest BCUT2D eigenvalue weighted by Crippen LogP contribution is -2.00. The molecule has 0 fully saturated rings. The molecule has 0 aliphatic carbocycles. The fourth-order valence-electron chi connectivity index (χ4n) is 2.99. The molecule has 3 rings (SSSR count). The van der Waals surface area contributed by atoms with Crippen molar-refractivity contribution in [1.29, 1.82) is 0 Å². The summed E-state index contributed by atoms with van der Waals surface area (Å²) >= 11 is 0. The fourth-order valence-corrected chi connectivity index (χ4v) is 2.99. The van der Waals surface area contributed by atoms with Gasteiger partial charge in [0.05, 0.1) is 0 Å². The summed E-state index contributed by atoms with van der Waals surface area (Å²) in [4.78, 5) is 4.03. The van der Waals surface area contributed by atoms with E-state index in [2.05, 4.69) is 4.98 Å². The summed E-state index contributed by atoms with van der Waals surface area (Å²) in [6.45, 7) is 2.03. The maximum absolute atomic E-state index is 14.1. The maximum Gasteiger partial charge on any atom is 0.129 e. The topological polar surface area (TPSA) is 53.4 Å². The van der Waals surface area contributed by atoms with E-state index in [1.54, 1.807) is 30.5 Å². The van der Waals surface area contributed by atoms with Crippen LogP contribution in [0, 0.1) is 5.82 Å². The molecule has 1 aromatic heterocycles. The Balaban J connectivity index is 2.15. The molecule has 0 unspecified atom stereocenters. The van der Waals surface area contributed by atoms with Crippen LogP contribution in [0.1, 0.15) is 30.0 Å². The molecule has 26 heavy (non-hydrogen) atoms. The first-order valence-corrected chi connectivity index (χ1v) is 8.47. The Morgan fingerprint density at radius 2 is 1.42 bits per heavy atom. The van der Waals surface area contributed by atoms with Crippen LogP contribution in [0.15, 0.2) is 72.6 Å². The minimum absolute atomic E-state index is 0.190. The first-order valence-electron chi connectivity index (χ1n) is 8.47. The van der Waals surface area contributed by atoms with Gasteiger partial charge in [-0.3, -0.25) is 4.98 Å². The number of allylic oxidation sites excluding steroid dienone is 1. The highest BCUT2D eigenvalue weighted by Gasteiger charge is 2.14. The Morgan fingerprint density at radius 3 is 1.88 bits per heavy atom. The monoisotopic (exact) mass is 349 g/mol. The number of hydrogen-bond acceptors (Lipinski definition) is 3. The second kappa shape index (κ2) is 7.83. The molecular weight excluding hydrogens is 329 g/mol. The molecule has 0 bridgehead atoms. The Morgan fingerprint density at radius 1 is 0.885 bits per heavy atom. The molecule has 0 saturated carbocycles. The van der Waals surface area contributed by atoms with Crippen molar-refractivity contribution in [2.45, 2.75) is 19.8 Å². The van der Waals surface area contributed by atoms with E-state index >= 15 is 0 Å². The molecule has 0 amide bonds. The van der Waals surface area contributed by atoms with Crippen molar-refractivity contribution < 1.29 is 14.6 Å². The van der Waals surface area contributed by atoms with E-state index in [4.69, 9.17) is 0 Å². The number of hydrogen-bond donors (Lipinski definition) is 2. The van der Waals surface area contributed by atoms with E-state index < -0.39 is 0 Å². The average molecular weight is 349 g/mol. The third kappa shape index (κ3) is 3.91. The smallest absolute Gasteiger partial charge is 0.129 e. The molecule has 2 N–H and O–H groups in total. The summed E-state index contributed by atoms with van der Waals surface area (Å²) < 4.78 is 14.1. The Hall–Kier alpha value is -3.14. The number of halogens is 1. The van der Waals surface area contributed by atoms with Gasteiger partial charge in [0.1, 0.15) is 17.3 Å². The zero-order chi connectivity index (χ0) is 18.5. The third-order valence-electron chi connectivity index (χ3n) is 4.34. The maximum atomic E-state index is 14.1. The fraction of sp³-hybridized carbons (Fsp3) is 0.136. The Bertz CT molecular complexity index is 868. The molecule has 3 nitrogen and oxygen atoms in total. The van der Waals surface area contributed by atoms with Gasteiger partial charge in [0, 0.05) is 18.0 Å². The lowest BCUT2D eigenvalue weighted by molar-refractivity contribution is 0.475. The zero-order valence-corrected chi connectivity index (χ0v) is 14.5. The van der Waals surface area contributed by atoms with Crippen molar-refractivity contribution in [2.75, 3.05) is 0 Å². The summed E-state index contributed by atoms with van der Waals surface area (Å²) in [5, 5.41) is 19.2. The molecule has 132 valence electrons. The Labute approximate surface area is 152 Å². The molecule has 2 aromatic carbocycles. The van der Waals surface area contributed by atoms with E-state index in [1.807, 2.05) is 31.2 Å². The first-order chi connectivity index (χ1) is 12.6. The van der Waals surface area contributed by atoms with E-state index in [1.165, 1.54) is 12.3 Å². The molecule has 0 radical (unpaired) electrons. The van der Waals surface area contributed by atoms with Gasteiger partial charge in [-0.15, -0.1) is 0 Å². The SMILES string of the molecule is CCC(Cc1cnccc1F)=C(c1ccc(O)cc1)c1ccc(O)cc1. The van der Waals surface area contributed by atoms with Crippen molar-refractivity contribution in [3.05, 3.63) is 95.1 Å². The summed E-state index contributed by atoms with van der Waals surface area (Å²) in [5.74, 6) is 0.104. The molecule has 0 spiro atoms. The summed E-state index contributed by atoms with van der Waals surface area (Å²) in [6, 6.07) is 15.3. The molecule has 0 aliphatic heterocycles. The second-order valence-electron chi connectivity index (χ2n) is 6.07. The minimum Gasteiger partial charge on any atom is -0.508 e. The predicted octanol–water partition coefficient (Wildman–Crippen LogP) is 5.09. The molecule has 0 saturated heterocycles. The van der Waals surface area contributed by atoms with Gasteiger partial charge in [-0.05, 0) is 59.9 Å². The number of phenols is 2. The molecule has 0 atom stereocenters. The van der Waals surface area contributed by atoms with E-state index in [0.29, 0.717) is 12.0 Å². The number of nitrogens with zero attached hydrogens (tertiary/aromatic N) is 1. The van der Waals surface area contributed by atoms with Crippen molar-refractivity contribution in [1.82, 2.24) is 4.98 Å². The van der Waals surface area contributed by atoms with E-state index in [-0.39, 0.29) is 17.3 Å². The Kier molecular flexibility index (Phi) is 5.32. The van der Waals surface area contributed by atoms with Gasteiger partial charge in [-0.1, -0.05) is 36.8 Å². The van der Waals surface area contributed by atoms with Crippen LogP contribution >= 0.6 is 0 Å². The number of aromatic nitrogens is 1. The van der Waals surface area contributed by atoms with Gasteiger partial charge in [-0.25, -0.2) is 4.39 Å². The predicted molar refractivity (Wildman–Crippen MR) is 100 cm³/mol. The highest BCUT2D eigenvalue weighted by Crippen LogP contribution is 2.32. The van der Waals surface area contributed by atoms with Crippen LogP contribution in [-0.2, 0) is 6.42 Å². The summed E-state index contributed by atoms with van der Waals surface area (Å²) in [7, 11) is 0. The van der Waals surface area contributed by atoms with Gasteiger partial charge in [0.2, 0.25) is 0 Å². The summed E-state index contributed by atoms with van der Waals surface area (Å²) in [6.07, 6.45) is 4.16. The number of benzene rings is 2. The molecule has 1 heterocycles. The standard InChI is InChI=1S/C22H20FNO2/c1-2-15(13-18-14-24-12-11-21(18)23)22(16-3-7-19(25)8-4-16)17-5-9-20(26)10-6-17/h3-12,14,25-26H,2,13H2,1H3. The number of phenolic OH excluding ortho intramolecular Hbond substituents is 2. The second-order valence-corrected chi connectivity index (χ2v) is 6.07. The summed E-state index contributed by atoms with van der Waals surface area (Å²) in [5.41, 5.74) is 4.41. The highest BCUT2D eigenvalue weighted by molar-refractivity contribution is 5.82. The van der Waals surface area contributed by atoms with Gasteiger partial charge in [0.15, 0.2) is 0 Å². The lowest BCUT2D eigenvalue weighted by Gasteiger charge is -2.16. The third-order valence-corrected chi connectivity index (χ3v) is 4.34. The van der Waals surface area contributed by atoms with E-state index in [0.717, 1.165) is 28.7 Å². The van der Waals surface area contributed by atoms with Crippen LogP contribution in [0.2, 0.25) is 0 Å². The normalized spacial score (nSPS) is 10.5. The van der Waals surface area contributed by atoms with Gasteiger partial charge >= 0.3 is 0 Å². The van der Waals surface area contributed by atoms with Crippen LogP contribution in [0.3, 0.4) is 0 Å². The average Bonchev–Trinajstić information content (AvgIpc) is 2.65. The molecule has 3 aromatic rings. The van der Waals surface area contributed by atoms with Gasteiger partial charge < -0.3 is 10.2 Å². The molecular formula is C22H20FNO2. The molecule has 0 aliphatic rings.